The number of Topliss-reactive ketones (excluding diaryl/α,β-unsaturated/α-hetero) is 4. The maximum absolute atomic E-state index is 13.5. The van der Waals surface area contributed by atoms with Gasteiger partial charge in [0.25, 0.3) is 0 Å². The van der Waals surface area contributed by atoms with Crippen molar-refractivity contribution < 1.29 is 34.2 Å². The lowest BCUT2D eigenvalue weighted by Crippen LogP contribution is -2.68. The van der Waals surface area contributed by atoms with Gasteiger partial charge in [-0.2, -0.15) is 0 Å². The minimum absolute atomic E-state index is 0.0131. The van der Waals surface area contributed by atoms with Crippen molar-refractivity contribution >= 4 is 45.5 Å². The second kappa shape index (κ2) is 7.81. The first-order chi connectivity index (χ1) is 16.1. The second-order valence-electron chi connectivity index (χ2n) is 9.03. The van der Waals surface area contributed by atoms with Crippen molar-refractivity contribution in [2.24, 2.45) is 29.4 Å². The Morgan fingerprint density at radius 2 is 1.97 bits per heavy atom. The van der Waals surface area contributed by atoms with Gasteiger partial charge in [0.1, 0.15) is 5.75 Å². The van der Waals surface area contributed by atoms with E-state index in [0.29, 0.717) is 17.2 Å². The number of hydrogen-bond donors (Lipinski definition) is 4. The Kier molecular flexibility index (Phi) is 5.14. The minimum atomic E-state index is -2.64. The number of aliphatic hydroxyl groups is 1. The molecule has 0 radical (unpaired) electrons. The van der Waals surface area contributed by atoms with E-state index in [2.05, 4.69) is 10.3 Å². The zero-order valence-corrected chi connectivity index (χ0v) is 18.6. The SMILES string of the molecule is NC(=O)C1C(=O)CC2CC3Cc4c(CNc5nccs5)ccc(O)c4C(=O)C3C(=O)[C@]2(O)C1=O. The van der Waals surface area contributed by atoms with Crippen molar-refractivity contribution in [2.75, 3.05) is 5.32 Å². The van der Waals surface area contributed by atoms with Crippen molar-refractivity contribution in [1.82, 2.24) is 4.98 Å². The van der Waals surface area contributed by atoms with Crippen LogP contribution in [0.25, 0.3) is 0 Å². The summed E-state index contributed by atoms with van der Waals surface area (Å²) < 4.78 is 0. The first kappa shape index (κ1) is 22.4. The van der Waals surface area contributed by atoms with Crippen LogP contribution in [0.4, 0.5) is 5.13 Å². The molecule has 0 bridgehead atoms. The lowest BCUT2D eigenvalue weighted by molar-refractivity contribution is -0.175. The maximum Gasteiger partial charge on any atom is 0.235 e. The number of rotatable bonds is 4. The van der Waals surface area contributed by atoms with Gasteiger partial charge in [0, 0.05) is 30.5 Å². The number of primary amides is 1. The van der Waals surface area contributed by atoms with Crippen LogP contribution in [0.3, 0.4) is 0 Å². The number of aromatic hydroxyl groups is 1. The molecule has 10 nitrogen and oxygen atoms in total. The van der Waals surface area contributed by atoms with Gasteiger partial charge >= 0.3 is 0 Å². The van der Waals surface area contributed by atoms with Gasteiger partial charge in [0.15, 0.2) is 39.8 Å². The van der Waals surface area contributed by atoms with Gasteiger partial charge in [-0.05, 0) is 36.0 Å². The summed E-state index contributed by atoms with van der Waals surface area (Å²) in [5.74, 6) is -10.1. The summed E-state index contributed by atoms with van der Waals surface area (Å²) in [4.78, 5) is 68.1. The molecule has 11 heteroatoms. The lowest BCUT2D eigenvalue weighted by atomic mass is 9.53. The van der Waals surface area contributed by atoms with Crippen molar-refractivity contribution in [1.29, 1.82) is 0 Å². The second-order valence-corrected chi connectivity index (χ2v) is 9.92. The zero-order chi connectivity index (χ0) is 24.4. The van der Waals surface area contributed by atoms with E-state index in [9.17, 15) is 34.2 Å². The van der Waals surface area contributed by atoms with Crippen LogP contribution in [0.15, 0.2) is 23.7 Å². The summed E-state index contributed by atoms with van der Waals surface area (Å²) in [6.07, 6.45) is 1.60. The number of nitrogens with one attached hydrogen (secondary N) is 1. The van der Waals surface area contributed by atoms with Gasteiger partial charge in [0.2, 0.25) is 5.91 Å². The Morgan fingerprint density at radius 1 is 1.21 bits per heavy atom. The smallest absolute Gasteiger partial charge is 0.235 e. The molecule has 1 aromatic heterocycles. The molecule has 2 aromatic rings. The number of ketones is 4. The normalized spacial score (nSPS) is 30.4. The van der Waals surface area contributed by atoms with E-state index in [1.54, 1.807) is 12.3 Å². The molecule has 2 saturated carbocycles. The van der Waals surface area contributed by atoms with Crippen molar-refractivity contribution in [3.05, 3.63) is 40.4 Å². The Labute approximate surface area is 197 Å². The number of fused-ring (bicyclic) bond motifs is 3. The standard InChI is InChI=1S/C23H21N3O7S/c24-21(32)17-14(28)7-11-5-10-6-12-9(8-26-22-25-3-4-34-22)1-2-13(27)16(12)18(29)15(10)19(30)23(11,33)20(17)31/h1-4,10-11,15,17,27,33H,5-8H2,(H2,24,32)(H,25,26)/t10?,11?,15?,17?,23-/m0/s1. The molecule has 5 atom stereocenters. The monoisotopic (exact) mass is 483 g/mol. The molecule has 3 aliphatic carbocycles. The van der Waals surface area contributed by atoms with E-state index in [1.807, 2.05) is 5.38 Å². The predicted molar refractivity (Wildman–Crippen MR) is 118 cm³/mol. The van der Waals surface area contributed by atoms with Gasteiger partial charge in [-0.3, -0.25) is 24.0 Å². The molecule has 2 fully saturated rings. The molecule has 1 aromatic carbocycles. The molecule has 1 heterocycles. The number of phenolic OH excluding ortho intramolecular Hbond substituents is 1. The topological polar surface area (TPSA) is 177 Å². The molecule has 3 aliphatic rings. The number of amides is 1. The Balaban J connectivity index is 1.52. The predicted octanol–water partition coefficient (Wildman–Crippen LogP) is 0.395. The van der Waals surface area contributed by atoms with Crippen LogP contribution in [0.1, 0.15) is 34.3 Å². The molecular weight excluding hydrogens is 462 g/mol. The highest BCUT2D eigenvalue weighted by molar-refractivity contribution is 7.13. The number of benzene rings is 1. The third-order valence-corrected chi connectivity index (χ3v) is 7.98. The quantitative estimate of drug-likeness (QED) is 0.448. The number of aromatic nitrogens is 1. The van der Waals surface area contributed by atoms with Crippen molar-refractivity contribution in [3.8, 4) is 5.75 Å². The molecule has 0 saturated heterocycles. The highest BCUT2D eigenvalue weighted by Crippen LogP contribution is 2.50. The number of anilines is 1. The van der Waals surface area contributed by atoms with Gasteiger partial charge < -0.3 is 21.3 Å². The van der Waals surface area contributed by atoms with Crippen LogP contribution in [0.2, 0.25) is 0 Å². The average molecular weight is 484 g/mol. The number of phenols is 1. The molecule has 0 spiro atoms. The fourth-order valence-electron chi connectivity index (χ4n) is 5.68. The molecule has 34 heavy (non-hydrogen) atoms. The molecule has 0 aliphatic heterocycles. The number of nitrogens with two attached hydrogens (primary N) is 1. The Hall–Kier alpha value is -3.44. The molecule has 4 unspecified atom stereocenters. The van der Waals surface area contributed by atoms with E-state index < -0.39 is 58.3 Å². The molecule has 176 valence electrons. The number of thiazole rings is 1. The van der Waals surface area contributed by atoms with Crippen molar-refractivity contribution in [3.63, 3.8) is 0 Å². The number of nitrogens with zero attached hydrogens (tertiary/aromatic N) is 1. The highest BCUT2D eigenvalue weighted by Gasteiger charge is 2.66. The van der Waals surface area contributed by atoms with E-state index in [4.69, 9.17) is 5.73 Å². The van der Waals surface area contributed by atoms with E-state index in [1.165, 1.54) is 17.4 Å². The zero-order valence-electron chi connectivity index (χ0n) is 17.8. The number of carbonyl (C=O) groups is 5. The van der Waals surface area contributed by atoms with Crippen LogP contribution in [0, 0.1) is 23.7 Å². The average Bonchev–Trinajstić information content (AvgIpc) is 3.29. The largest absolute Gasteiger partial charge is 0.507 e. The Morgan fingerprint density at radius 3 is 2.65 bits per heavy atom. The van der Waals surface area contributed by atoms with Crippen LogP contribution in [-0.2, 0) is 32.1 Å². The first-order valence-electron chi connectivity index (χ1n) is 10.8. The summed E-state index contributed by atoms with van der Waals surface area (Å²) in [6, 6.07) is 3.06. The molecular formula is C23H21N3O7S. The van der Waals surface area contributed by atoms with Gasteiger partial charge in [0.05, 0.1) is 11.5 Å². The Bertz CT molecular complexity index is 1260. The third-order valence-electron chi connectivity index (χ3n) is 7.25. The first-order valence-corrected chi connectivity index (χ1v) is 11.7. The third kappa shape index (κ3) is 3.11. The van der Waals surface area contributed by atoms with Crippen LogP contribution in [0.5, 0.6) is 5.75 Å². The maximum atomic E-state index is 13.5. The van der Waals surface area contributed by atoms with Gasteiger partial charge in [-0.25, -0.2) is 4.98 Å². The van der Waals surface area contributed by atoms with Crippen LogP contribution < -0.4 is 11.1 Å². The fraction of sp³-hybridized carbons (Fsp3) is 0.391. The summed E-state index contributed by atoms with van der Waals surface area (Å²) in [5.41, 5.74) is 3.86. The van der Waals surface area contributed by atoms with E-state index in [-0.39, 0.29) is 30.6 Å². The van der Waals surface area contributed by atoms with Crippen molar-refractivity contribution in [2.45, 2.75) is 31.4 Å². The number of carbonyl (C=O) groups excluding carboxylic acids is 5. The highest BCUT2D eigenvalue weighted by atomic mass is 32.1. The molecule has 5 rings (SSSR count). The summed E-state index contributed by atoms with van der Waals surface area (Å²) >= 11 is 1.41. The summed E-state index contributed by atoms with van der Waals surface area (Å²) in [7, 11) is 0. The molecule has 5 N–H and O–H groups in total. The minimum Gasteiger partial charge on any atom is -0.507 e. The molecule has 1 amide bonds. The fourth-order valence-corrected chi connectivity index (χ4v) is 6.21. The lowest BCUT2D eigenvalue weighted by Gasteiger charge is -2.48. The van der Waals surface area contributed by atoms with E-state index in [0.717, 1.165) is 5.56 Å². The van der Waals surface area contributed by atoms with Gasteiger partial charge in [-0.15, -0.1) is 11.3 Å². The summed E-state index contributed by atoms with van der Waals surface area (Å²) in [6.45, 7) is 0.333. The van der Waals surface area contributed by atoms with E-state index >= 15 is 0 Å². The van der Waals surface area contributed by atoms with Crippen LogP contribution in [-0.4, -0.2) is 49.8 Å². The number of hydrogen-bond acceptors (Lipinski definition) is 10. The van der Waals surface area contributed by atoms with Gasteiger partial charge in [-0.1, -0.05) is 6.07 Å². The van der Waals surface area contributed by atoms with Crippen LogP contribution >= 0.6 is 11.3 Å². The summed E-state index contributed by atoms with van der Waals surface area (Å²) in [5, 5.41) is 27.3.